The van der Waals surface area contributed by atoms with Crippen LogP contribution in [0, 0.1) is 0 Å². The summed E-state index contributed by atoms with van der Waals surface area (Å²) >= 11 is 0. The van der Waals surface area contributed by atoms with E-state index in [-0.39, 0.29) is 12.3 Å². The first-order valence-electron chi connectivity index (χ1n) is 3.25. The lowest BCUT2D eigenvalue weighted by Crippen LogP contribution is -2.68. The van der Waals surface area contributed by atoms with E-state index in [1.165, 1.54) is 0 Å². The largest absolute Gasteiger partial charge is 0.0110 e. The lowest BCUT2D eigenvalue weighted by molar-refractivity contribution is 3.45. The number of hydrogen-bond acceptors (Lipinski definition) is 0. The molecule has 0 heterocycles. The third-order valence-corrected chi connectivity index (χ3v) is 182. The average Bonchev–Trinajstić information content (AvgIpc) is 1.25. The van der Waals surface area contributed by atoms with Crippen molar-refractivity contribution in [2.24, 2.45) is 0 Å². The lowest BCUT2D eigenvalue weighted by atomic mass is 25.8. The van der Waals surface area contributed by atoms with Gasteiger partial charge in [0.1, 0.15) is 0 Å². The molecule has 0 rings (SSSR count). The molecule has 0 aliphatic heterocycles. The van der Waals surface area contributed by atoms with Crippen molar-refractivity contribution in [2.75, 3.05) is 0 Å². The molecule has 50 valence electrons. The summed E-state index contributed by atoms with van der Waals surface area (Å²) in [7, 11) is 10.3. The summed E-state index contributed by atoms with van der Waals surface area (Å²) in [6.07, 6.45) is -0.236. The minimum Gasteiger partial charge on any atom is -0.0110 e. The molecule has 0 amide bonds. The normalized spacial score (nSPS) is 28.5. The molecule has 0 atom stereocenters. The minimum absolute atomic E-state index is 0.118. The first-order valence-corrected chi connectivity index (χ1v) is 29.2. The Morgan fingerprint density at radius 2 is 0.625 bits per heavy atom. The van der Waals surface area contributed by atoms with E-state index < -0.39 is 0 Å². The van der Waals surface area contributed by atoms with Crippen LogP contribution in [0.15, 0.2) is 0 Å². The van der Waals surface area contributed by atoms with Crippen LogP contribution in [0.2, 0.25) is 0 Å². The number of hydrogen-bond donors (Lipinski definition) is 0. The van der Waals surface area contributed by atoms with Crippen molar-refractivity contribution >= 4 is 70.8 Å². The van der Waals surface area contributed by atoms with E-state index in [0.717, 1.165) is 0 Å². The summed E-state index contributed by atoms with van der Waals surface area (Å²) in [5, 5.41) is 0. The fourth-order valence-corrected chi connectivity index (χ4v) is 0. The van der Waals surface area contributed by atoms with Crippen LogP contribution in [0.5, 0.6) is 0 Å². The topological polar surface area (TPSA) is 0 Å². The Bertz CT molecular complexity index is 55.0. The van der Waals surface area contributed by atoms with Crippen LogP contribution in [0.3, 0.4) is 0 Å². The highest BCUT2D eigenvalue weighted by Gasteiger charge is 2.30. The highest BCUT2D eigenvalue weighted by atomic mass is 30.4. The Morgan fingerprint density at radius 3 is 0.625 bits per heavy atom. The first-order chi connectivity index (χ1) is 3.25. The molecular formula is H18Si8. The van der Waals surface area contributed by atoms with Crippen LogP contribution in [0.4, 0.5) is 0 Å². The predicted molar refractivity (Wildman–Crippen MR) is 71.1 cm³/mol. The second-order valence-corrected chi connectivity index (χ2v) is 122. The quantitative estimate of drug-likeness (QED) is 0.401. The summed E-state index contributed by atoms with van der Waals surface area (Å²) in [5.74, 6) is 0. The SMILES string of the molecule is [SiH3][Si]([SiH3])([SiH3])[Si]([SiH3])([SiH3])[SiH3]. The van der Waals surface area contributed by atoms with Crippen molar-refractivity contribution in [3.8, 4) is 0 Å². The molecule has 0 radical (unpaired) electrons. The van der Waals surface area contributed by atoms with E-state index in [9.17, 15) is 0 Å². The smallest absolute Gasteiger partial charge is 0.00550 e. The van der Waals surface area contributed by atoms with Gasteiger partial charge in [0, 0.05) is 0 Å². The Morgan fingerprint density at radius 1 is 0.500 bits per heavy atom. The Hall–Kier alpha value is 1.74. The van der Waals surface area contributed by atoms with Crippen molar-refractivity contribution in [3.05, 3.63) is 0 Å². The molecule has 0 aromatic heterocycles. The summed E-state index contributed by atoms with van der Waals surface area (Å²) in [4.78, 5) is 0. The van der Waals surface area contributed by atoms with Gasteiger partial charge in [0.2, 0.25) is 0 Å². The van der Waals surface area contributed by atoms with Gasteiger partial charge in [-0.05, 0) is 70.8 Å². The molecule has 0 spiro atoms. The second kappa shape index (κ2) is 2.77. The zero-order valence-corrected chi connectivity index (χ0v) is 21.0. The van der Waals surface area contributed by atoms with E-state index in [4.69, 9.17) is 0 Å². The molecule has 0 unspecified atom stereocenters. The molecule has 0 bridgehead atoms. The lowest BCUT2D eigenvalue weighted by Gasteiger charge is -2.31. The highest BCUT2D eigenvalue weighted by molar-refractivity contribution is 8.06. The Labute approximate surface area is 70.7 Å². The van der Waals surface area contributed by atoms with E-state index in [1.54, 1.807) is 58.6 Å². The molecule has 8 heteroatoms. The van der Waals surface area contributed by atoms with E-state index in [1.807, 2.05) is 0 Å². The Balaban J connectivity index is 4.02. The van der Waals surface area contributed by atoms with Crippen LogP contribution in [0.25, 0.3) is 0 Å². The zero-order valence-electron chi connectivity index (χ0n) is 7.00. The molecule has 0 aliphatic carbocycles. The third-order valence-electron chi connectivity index (χ3n) is 2.25. The van der Waals surface area contributed by atoms with Gasteiger partial charge in [-0.25, -0.2) is 0 Å². The molecule has 0 aromatic carbocycles. The van der Waals surface area contributed by atoms with Crippen molar-refractivity contribution in [1.82, 2.24) is 0 Å². The van der Waals surface area contributed by atoms with Crippen LogP contribution < -0.4 is 0 Å². The minimum atomic E-state index is -0.118. The maximum atomic E-state index is 1.72. The summed E-state index contributed by atoms with van der Waals surface area (Å²) < 4.78 is 0. The fourth-order valence-electron chi connectivity index (χ4n) is 0. The Kier molecular flexibility index (Phi) is 3.37. The van der Waals surface area contributed by atoms with Crippen LogP contribution >= 0.6 is 0 Å². The third kappa shape index (κ3) is 3.04. The highest BCUT2D eigenvalue weighted by Crippen LogP contribution is 1.93. The summed E-state index contributed by atoms with van der Waals surface area (Å²) in [6.45, 7) is 0. The average molecular weight is 243 g/mol. The zero-order chi connectivity index (χ0) is 7.00. The van der Waals surface area contributed by atoms with Gasteiger partial charge in [0.05, 0.1) is 0 Å². The molecule has 0 aliphatic rings. The maximum Gasteiger partial charge on any atom is -0.00550 e. The molecule has 0 nitrogen and oxygen atoms in total. The second-order valence-electron chi connectivity index (χ2n) is 4.50. The predicted octanol–water partition coefficient (Wildman–Crippen LogP) is -7.86. The van der Waals surface area contributed by atoms with Gasteiger partial charge in [0.25, 0.3) is 0 Å². The fraction of sp³-hybridized carbons (Fsp3) is 0. The van der Waals surface area contributed by atoms with Crippen LogP contribution in [-0.2, 0) is 0 Å². The van der Waals surface area contributed by atoms with Gasteiger partial charge in [-0.2, -0.15) is 0 Å². The van der Waals surface area contributed by atoms with Crippen LogP contribution in [-0.4, -0.2) is 70.8 Å². The molecular weight excluding hydrogens is 225 g/mol. The number of rotatable bonds is 1. The molecule has 8 heavy (non-hydrogen) atoms. The first kappa shape index (κ1) is 9.74. The van der Waals surface area contributed by atoms with Gasteiger partial charge < -0.3 is 0 Å². The summed E-state index contributed by atoms with van der Waals surface area (Å²) in [6, 6.07) is 0. The molecule has 0 N–H and O–H groups in total. The monoisotopic (exact) mass is 242 g/mol. The molecule has 0 saturated carbocycles. The van der Waals surface area contributed by atoms with Crippen molar-refractivity contribution in [3.63, 3.8) is 0 Å². The van der Waals surface area contributed by atoms with Gasteiger partial charge in [-0.3, -0.25) is 0 Å². The van der Waals surface area contributed by atoms with Crippen molar-refractivity contribution in [1.29, 1.82) is 0 Å². The van der Waals surface area contributed by atoms with Gasteiger partial charge >= 0.3 is 0 Å². The molecule has 0 fully saturated rings. The molecule has 0 saturated heterocycles. The van der Waals surface area contributed by atoms with Crippen molar-refractivity contribution < 1.29 is 0 Å². The van der Waals surface area contributed by atoms with Crippen molar-refractivity contribution in [2.45, 2.75) is 0 Å². The van der Waals surface area contributed by atoms with Crippen LogP contribution in [0.1, 0.15) is 0 Å². The summed E-state index contributed by atoms with van der Waals surface area (Å²) in [5.41, 5.74) is 0. The van der Waals surface area contributed by atoms with E-state index >= 15 is 0 Å². The molecule has 0 aromatic rings. The van der Waals surface area contributed by atoms with E-state index in [2.05, 4.69) is 0 Å². The van der Waals surface area contributed by atoms with Gasteiger partial charge in [0.15, 0.2) is 0 Å². The van der Waals surface area contributed by atoms with Gasteiger partial charge in [-0.15, -0.1) is 0 Å². The maximum absolute atomic E-state index is 1.72. The van der Waals surface area contributed by atoms with Gasteiger partial charge in [-0.1, -0.05) is 0 Å². The van der Waals surface area contributed by atoms with E-state index in [0.29, 0.717) is 0 Å². The standard InChI is InChI=1S/H18Si8/c1-7(2,3)8(4,5)6/h1-6H3.